The Balaban J connectivity index is 1.76. The maximum Gasteiger partial charge on any atom is 0.177 e. The molecule has 0 N–H and O–H groups in total. The van der Waals surface area contributed by atoms with E-state index in [0.717, 1.165) is 22.6 Å². The molecule has 4 heteroatoms. The molecule has 2 aliphatic rings. The van der Waals surface area contributed by atoms with Crippen molar-refractivity contribution in [2.45, 2.75) is 15.9 Å². The Morgan fingerprint density at radius 1 is 0.852 bits per heavy atom. The van der Waals surface area contributed by atoms with E-state index in [2.05, 4.69) is 18.2 Å². The van der Waals surface area contributed by atoms with Gasteiger partial charge in [0, 0.05) is 17.0 Å². The molecule has 1 saturated carbocycles. The van der Waals surface area contributed by atoms with Crippen LogP contribution < -0.4 is 9.47 Å². The molecule has 3 aromatic rings. The largest absolute Gasteiger partial charge is 0.496 e. The van der Waals surface area contributed by atoms with Gasteiger partial charge in [0.05, 0.1) is 13.0 Å². The molecule has 0 unspecified atom stereocenters. The van der Waals surface area contributed by atoms with E-state index in [9.17, 15) is 0 Å². The van der Waals surface area contributed by atoms with E-state index in [1.165, 1.54) is 5.56 Å². The van der Waals surface area contributed by atoms with E-state index in [4.69, 9.17) is 32.7 Å². The van der Waals surface area contributed by atoms with Crippen molar-refractivity contribution in [1.82, 2.24) is 0 Å². The summed E-state index contributed by atoms with van der Waals surface area (Å²) in [6, 6.07) is 26.3. The second-order valence-corrected chi connectivity index (χ2v) is 8.45. The van der Waals surface area contributed by atoms with E-state index in [1.807, 2.05) is 60.7 Å². The number of rotatable bonds is 3. The predicted octanol–water partition coefficient (Wildman–Crippen LogP) is 5.92. The SMILES string of the molecule is COc1ccccc1[C@]12Oc3ccccc3[C@H](c3ccccc3)[C@@H]1C2(Cl)Cl. The summed E-state index contributed by atoms with van der Waals surface area (Å²) in [5.74, 6) is 1.46. The van der Waals surface area contributed by atoms with Crippen LogP contribution in [0.15, 0.2) is 78.9 Å². The smallest absolute Gasteiger partial charge is 0.177 e. The number of hydrogen-bond donors (Lipinski definition) is 0. The van der Waals surface area contributed by atoms with Crippen molar-refractivity contribution in [2.75, 3.05) is 7.11 Å². The van der Waals surface area contributed by atoms with E-state index < -0.39 is 9.93 Å². The molecule has 1 fully saturated rings. The molecule has 136 valence electrons. The number of methoxy groups -OCH3 is 1. The molecular formula is C23H18Cl2O2. The maximum atomic E-state index is 6.95. The summed E-state index contributed by atoms with van der Waals surface area (Å²) in [7, 11) is 1.66. The monoisotopic (exact) mass is 396 g/mol. The summed E-state index contributed by atoms with van der Waals surface area (Å²) in [4.78, 5) is 0. The van der Waals surface area contributed by atoms with Crippen molar-refractivity contribution < 1.29 is 9.47 Å². The standard InChI is InChI=1S/C23H18Cl2O2/c1-26-19-14-8-6-12-17(19)22-21(23(22,24)25)20(15-9-3-2-4-10-15)16-11-5-7-13-18(16)27-22/h2-14,20-21H,1H3/t20-,21-,22-/m0/s1. The molecule has 2 nitrogen and oxygen atoms in total. The summed E-state index contributed by atoms with van der Waals surface area (Å²) in [5.41, 5.74) is 2.33. The third kappa shape index (κ3) is 2.20. The molecule has 1 aliphatic heterocycles. The Bertz CT molecular complexity index is 1000. The molecule has 0 spiro atoms. The average molecular weight is 397 g/mol. The van der Waals surface area contributed by atoms with Crippen LogP contribution in [0, 0.1) is 5.92 Å². The number of ether oxygens (including phenoxy) is 2. The van der Waals surface area contributed by atoms with Gasteiger partial charge in [-0.1, -0.05) is 89.9 Å². The molecule has 0 bridgehead atoms. The Labute approximate surface area is 168 Å². The van der Waals surface area contributed by atoms with Crippen molar-refractivity contribution >= 4 is 23.2 Å². The van der Waals surface area contributed by atoms with E-state index in [1.54, 1.807) is 7.11 Å². The Morgan fingerprint density at radius 3 is 2.30 bits per heavy atom. The fourth-order valence-corrected chi connectivity index (χ4v) is 5.52. The van der Waals surface area contributed by atoms with Crippen molar-refractivity contribution in [2.24, 2.45) is 5.92 Å². The zero-order valence-electron chi connectivity index (χ0n) is 14.7. The minimum Gasteiger partial charge on any atom is -0.496 e. The van der Waals surface area contributed by atoms with Crippen molar-refractivity contribution in [1.29, 1.82) is 0 Å². The van der Waals surface area contributed by atoms with Crippen LogP contribution in [0.5, 0.6) is 11.5 Å². The first-order chi connectivity index (χ1) is 13.1. The summed E-state index contributed by atoms with van der Waals surface area (Å²) >= 11 is 13.9. The molecule has 3 atom stereocenters. The zero-order valence-corrected chi connectivity index (χ0v) is 16.2. The van der Waals surface area contributed by atoms with Crippen LogP contribution in [-0.4, -0.2) is 11.4 Å². The molecule has 0 amide bonds. The van der Waals surface area contributed by atoms with E-state index >= 15 is 0 Å². The average Bonchev–Trinajstić information content (AvgIpc) is 3.22. The van der Waals surface area contributed by atoms with Crippen molar-refractivity contribution in [3.05, 3.63) is 95.6 Å². The van der Waals surface area contributed by atoms with Crippen LogP contribution >= 0.6 is 23.2 Å². The minimum absolute atomic E-state index is 0.0380. The number of para-hydroxylation sites is 2. The molecular weight excluding hydrogens is 379 g/mol. The lowest BCUT2D eigenvalue weighted by atomic mass is 9.82. The first kappa shape index (κ1) is 17.0. The molecule has 5 rings (SSSR count). The molecule has 1 aliphatic carbocycles. The highest BCUT2D eigenvalue weighted by atomic mass is 35.5. The van der Waals surface area contributed by atoms with Gasteiger partial charge in [0.2, 0.25) is 0 Å². The van der Waals surface area contributed by atoms with E-state index in [-0.39, 0.29) is 11.8 Å². The third-order valence-electron chi connectivity index (χ3n) is 5.76. The Kier molecular flexibility index (Phi) is 3.72. The fourth-order valence-electron chi connectivity index (χ4n) is 4.55. The lowest BCUT2D eigenvalue weighted by Crippen LogP contribution is -2.29. The molecule has 0 saturated heterocycles. The van der Waals surface area contributed by atoms with Crippen LogP contribution in [0.4, 0.5) is 0 Å². The van der Waals surface area contributed by atoms with E-state index in [0.29, 0.717) is 0 Å². The highest BCUT2D eigenvalue weighted by molar-refractivity contribution is 6.52. The van der Waals surface area contributed by atoms with Crippen molar-refractivity contribution in [3.8, 4) is 11.5 Å². The van der Waals surface area contributed by atoms with Crippen LogP contribution in [0.3, 0.4) is 0 Å². The highest BCUT2D eigenvalue weighted by Gasteiger charge is 2.84. The summed E-state index contributed by atoms with van der Waals surface area (Å²) in [6.45, 7) is 0. The fraction of sp³-hybridized carbons (Fsp3) is 0.217. The molecule has 1 heterocycles. The van der Waals surface area contributed by atoms with Gasteiger partial charge in [-0.05, 0) is 17.7 Å². The number of fused-ring (bicyclic) bond motifs is 2. The number of alkyl halides is 2. The summed E-state index contributed by atoms with van der Waals surface area (Å²) in [5, 5.41) is 0. The normalized spacial score (nSPS) is 27.1. The van der Waals surface area contributed by atoms with Crippen LogP contribution in [0.2, 0.25) is 0 Å². The van der Waals surface area contributed by atoms with Gasteiger partial charge in [-0.25, -0.2) is 0 Å². The quantitative estimate of drug-likeness (QED) is 0.511. The van der Waals surface area contributed by atoms with Gasteiger partial charge in [0.15, 0.2) is 9.93 Å². The zero-order chi connectivity index (χ0) is 18.6. The topological polar surface area (TPSA) is 18.5 Å². The van der Waals surface area contributed by atoms with Crippen LogP contribution in [0.1, 0.15) is 22.6 Å². The first-order valence-corrected chi connectivity index (χ1v) is 9.71. The molecule has 27 heavy (non-hydrogen) atoms. The highest BCUT2D eigenvalue weighted by Crippen LogP contribution is 2.78. The number of halogens is 2. The Hall–Kier alpha value is -2.16. The third-order valence-corrected chi connectivity index (χ3v) is 6.80. The minimum atomic E-state index is -1.07. The van der Waals surface area contributed by atoms with Crippen LogP contribution in [0.25, 0.3) is 0 Å². The molecule has 0 aromatic heterocycles. The van der Waals surface area contributed by atoms with Gasteiger partial charge in [-0.15, -0.1) is 0 Å². The lowest BCUT2D eigenvalue weighted by Gasteiger charge is -2.32. The summed E-state index contributed by atoms with van der Waals surface area (Å²) in [6.07, 6.45) is 0. The van der Waals surface area contributed by atoms with Gasteiger partial charge >= 0.3 is 0 Å². The maximum absolute atomic E-state index is 6.95. The lowest BCUT2D eigenvalue weighted by molar-refractivity contribution is 0.134. The van der Waals surface area contributed by atoms with Gasteiger partial charge in [-0.2, -0.15) is 0 Å². The molecule has 0 radical (unpaired) electrons. The predicted molar refractivity (Wildman–Crippen MR) is 108 cm³/mol. The first-order valence-electron chi connectivity index (χ1n) is 8.95. The Morgan fingerprint density at radius 2 is 1.52 bits per heavy atom. The van der Waals surface area contributed by atoms with Gasteiger partial charge in [-0.3, -0.25) is 0 Å². The van der Waals surface area contributed by atoms with Gasteiger partial charge in [0.1, 0.15) is 11.5 Å². The number of hydrogen-bond acceptors (Lipinski definition) is 2. The summed E-state index contributed by atoms with van der Waals surface area (Å²) < 4.78 is 11.1. The molecule has 3 aromatic carbocycles. The second kappa shape index (κ2) is 5.92. The van der Waals surface area contributed by atoms with Crippen molar-refractivity contribution in [3.63, 3.8) is 0 Å². The number of benzene rings is 3. The van der Waals surface area contributed by atoms with Gasteiger partial charge in [0.25, 0.3) is 0 Å². The van der Waals surface area contributed by atoms with Gasteiger partial charge < -0.3 is 9.47 Å². The van der Waals surface area contributed by atoms with Crippen LogP contribution in [-0.2, 0) is 5.60 Å². The second-order valence-electron chi connectivity index (χ2n) is 7.06.